The molecule has 0 saturated carbocycles. The van der Waals surface area contributed by atoms with Gasteiger partial charge in [-0.25, -0.2) is 8.42 Å². The molecule has 0 aliphatic rings. The Morgan fingerprint density at radius 2 is 1.95 bits per heavy atom. The highest BCUT2D eigenvalue weighted by molar-refractivity contribution is 7.92. The summed E-state index contributed by atoms with van der Waals surface area (Å²) >= 11 is 0. The SMILES string of the molecule is CC(C)Oc1ccc(C#N)cc1NC(=O)CS(=O)(=O)C(C)C. The fourth-order valence-electron chi connectivity index (χ4n) is 1.59. The van der Waals surface area contributed by atoms with E-state index in [2.05, 4.69) is 5.32 Å². The van der Waals surface area contributed by atoms with Gasteiger partial charge in [0.2, 0.25) is 5.91 Å². The van der Waals surface area contributed by atoms with Crippen LogP contribution in [-0.2, 0) is 14.6 Å². The normalized spacial score (nSPS) is 11.3. The lowest BCUT2D eigenvalue weighted by Crippen LogP contribution is -2.28. The molecule has 0 heterocycles. The van der Waals surface area contributed by atoms with Crippen LogP contribution in [0.4, 0.5) is 5.69 Å². The number of ether oxygens (including phenoxy) is 1. The molecule has 0 saturated heterocycles. The minimum absolute atomic E-state index is 0.122. The number of nitrogens with zero attached hydrogens (tertiary/aromatic N) is 1. The summed E-state index contributed by atoms with van der Waals surface area (Å²) in [6.45, 7) is 6.69. The number of amides is 1. The standard InChI is InChI=1S/C15H20N2O4S/c1-10(2)21-14-6-5-12(8-16)7-13(14)17-15(18)9-22(19,20)11(3)4/h5-7,10-11H,9H2,1-4H3,(H,17,18). The summed E-state index contributed by atoms with van der Waals surface area (Å²) in [4.78, 5) is 11.9. The molecule has 1 aromatic carbocycles. The summed E-state index contributed by atoms with van der Waals surface area (Å²) in [6.07, 6.45) is -0.122. The van der Waals surface area contributed by atoms with Crippen molar-refractivity contribution in [3.63, 3.8) is 0 Å². The largest absolute Gasteiger partial charge is 0.489 e. The molecule has 22 heavy (non-hydrogen) atoms. The van der Waals surface area contributed by atoms with Gasteiger partial charge < -0.3 is 10.1 Å². The van der Waals surface area contributed by atoms with E-state index in [4.69, 9.17) is 10.00 Å². The Labute approximate surface area is 131 Å². The number of carbonyl (C=O) groups is 1. The molecule has 1 rings (SSSR count). The molecule has 6 nitrogen and oxygen atoms in total. The first kappa shape index (κ1) is 18.0. The van der Waals surface area contributed by atoms with E-state index in [1.54, 1.807) is 12.1 Å². The van der Waals surface area contributed by atoms with Crippen molar-refractivity contribution in [2.24, 2.45) is 0 Å². The molecule has 0 atom stereocenters. The van der Waals surface area contributed by atoms with Crippen LogP contribution in [0.2, 0.25) is 0 Å². The van der Waals surface area contributed by atoms with Crippen molar-refractivity contribution in [2.75, 3.05) is 11.1 Å². The molecule has 1 aromatic rings. The highest BCUT2D eigenvalue weighted by Crippen LogP contribution is 2.26. The number of carbonyl (C=O) groups excluding carboxylic acids is 1. The van der Waals surface area contributed by atoms with E-state index in [1.165, 1.54) is 19.9 Å². The first-order valence-electron chi connectivity index (χ1n) is 6.88. The lowest BCUT2D eigenvalue weighted by Gasteiger charge is -2.15. The third-order valence-electron chi connectivity index (χ3n) is 2.80. The maximum absolute atomic E-state index is 11.9. The second kappa shape index (κ2) is 7.27. The van der Waals surface area contributed by atoms with Gasteiger partial charge in [0, 0.05) is 0 Å². The molecule has 0 aromatic heterocycles. The van der Waals surface area contributed by atoms with Crippen LogP contribution < -0.4 is 10.1 Å². The Morgan fingerprint density at radius 3 is 2.45 bits per heavy atom. The zero-order valence-electron chi connectivity index (χ0n) is 13.1. The van der Waals surface area contributed by atoms with E-state index in [0.29, 0.717) is 11.3 Å². The molecule has 0 aliphatic heterocycles. The molecule has 0 bridgehead atoms. The number of rotatable bonds is 6. The Hall–Kier alpha value is -2.07. The molecule has 120 valence electrons. The fraction of sp³-hybridized carbons (Fsp3) is 0.467. The van der Waals surface area contributed by atoms with Crippen LogP contribution >= 0.6 is 0 Å². The van der Waals surface area contributed by atoms with Crippen molar-refractivity contribution in [1.29, 1.82) is 5.26 Å². The van der Waals surface area contributed by atoms with Crippen molar-refractivity contribution in [1.82, 2.24) is 0 Å². The summed E-state index contributed by atoms with van der Waals surface area (Å²) in [6, 6.07) is 6.56. The summed E-state index contributed by atoms with van der Waals surface area (Å²) < 4.78 is 29.1. The van der Waals surface area contributed by atoms with Gasteiger partial charge in [0.1, 0.15) is 11.5 Å². The van der Waals surface area contributed by atoms with Gasteiger partial charge in [-0.3, -0.25) is 4.79 Å². The summed E-state index contributed by atoms with van der Waals surface area (Å²) in [5.41, 5.74) is 0.634. The van der Waals surface area contributed by atoms with Gasteiger partial charge >= 0.3 is 0 Å². The highest BCUT2D eigenvalue weighted by atomic mass is 32.2. The molecule has 0 fully saturated rings. The maximum atomic E-state index is 11.9. The van der Waals surface area contributed by atoms with Crippen LogP contribution in [0.25, 0.3) is 0 Å². The number of nitrogens with one attached hydrogen (secondary N) is 1. The summed E-state index contributed by atoms with van der Waals surface area (Å²) in [5.74, 6) is -0.871. The first-order valence-corrected chi connectivity index (χ1v) is 8.59. The Bertz CT molecular complexity index is 688. The monoisotopic (exact) mass is 324 g/mol. The van der Waals surface area contributed by atoms with E-state index in [1.807, 2.05) is 19.9 Å². The van der Waals surface area contributed by atoms with Crippen molar-refractivity contribution in [3.8, 4) is 11.8 Å². The van der Waals surface area contributed by atoms with Crippen molar-refractivity contribution >= 4 is 21.4 Å². The molecular weight excluding hydrogens is 304 g/mol. The summed E-state index contributed by atoms with van der Waals surface area (Å²) in [7, 11) is -3.49. The van der Waals surface area contributed by atoms with Crippen LogP contribution in [-0.4, -0.2) is 31.4 Å². The average Bonchev–Trinajstić information content (AvgIpc) is 2.39. The van der Waals surface area contributed by atoms with Crippen LogP contribution in [0.15, 0.2) is 18.2 Å². The molecule has 1 N–H and O–H groups in total. The third-order valence-corrected chi connectivity index (χ3v) is 4.90. The van der Waals surface area contributed by atoms with Crippen LogP contribution in [0, 0.1) is 11.3 Å². The van der Waals surface area contributed by atoms with E-state index in [9.17, 15) is 13.2 Å². The quantitative estimate of drug-likeness (QED) is 0.864. The molecule has 7 heteroatoms. The zero-order valence-corrected chi connectivity index (χ0v) is 13.9. The van der Waals surface area contributed by atoms with Gasteiger partial charge in [-0.1, -0.05) is 0 Å². The predicted octanol–water partition coefficient (Wildman–Crippen LogP) is 2.11. The molecule has 0 aliphatic carbocycles. The lowest BCUT2D eigenvalue weighted by molar-refractivity contribution is -0.113. The van der Waals surface area contributed by atoms with Crippen LogP contribution in [0.5, 0.6) is 5.75 Å². The summed E-state index contributed by atoms with van der Waals surface area (Å²) in [5, 5.41) is 10.8. The number of hydrogen-bond acceptors (Lipinski definition) is 5. The van der Waals surface area contributed by atoms with Crippen molar-refractivity contribution in [3.05, 3.63) is 23.8 Å². The molecule has 0 unspecified atom stereocenters. The number of sulfone groups is 1. The number of hydrogen-bond donors (Lipinski definition) is 1. The molecular formula is C15H20N2O4S. The smallest absolute Gasteiger partial charge is 0.239 e. The van der Waals surface area contributed by atoms with Gasteiger partial charge in [0.25, 0.3) is 0 Å². The molecule has 0 spiro atoms. The Morgan fingerprint density at radius 1 is 1.32 bits per heavy atom. The van der Waals surface area contributed by atoms with Gasteiger partial charge in [0.15, 0.2) is 9.84 Å². The zero-order chi connectivity index (χ0) is 16.9. The number of anilines is 1. The number of benzene rings is 1. The Kier molecular flexibility index (Phi) is 5.94. The first-order chi connectivity index (χ1) is 10.2. The lowest BCUT2D eigenvalue weighted by atomic mass is 10.2. The van der Waals surface area contributed by atoms with Crippen LogP contribution in [0.1, 0.15) is 33.3 Å². The topological polar surface area (TPSA) is 96.3 Å². The average molecular weight is 324 g/mol. The Balaban J connectivity index is 3.00. The third kappa shape index (κ3) is 5.04. The van der Waals surface area contributed by atoms with Gasteiger partial charge in [-0.05, 0) is 45.9 Å². The van der Waals surface area contributed by atoms with E-state index in [-0.39, 0.29) is 11.8 Å². The second-order valence-electron chi connectivity index (χ2n) is 5.39. The predicted molar refractivity (Wildman–Crippen MR) is 84.5 cm³/mol. The number of nitriles is 1. The fourth-order valence-corrected chi connectivity index (χ4v) is 2.36. The molecule has 0 radical (unpaired) electrons. The van der Waals surface area contributed by atoms with Crippen molar-refractivity contribution < 1.29 is 17.9 Å². The minimum Gasteiger partial charge on any atom is -0.489 e. The highest BCUT2D eigenvalue weighted by Gasteiger charge is 2.21. The minimum atomic E-state index is -3.49. The van der Waals surface area contributed by atoms with Crippen LogP contribution in [0.3, 0.4) is 0 Å². The van der Waals surface area contributed by atoms with Gasteiger partial charge in [-0.15, -0.1) is 0 Å². The molecule has 1 amide bonds. The maximum Gasteiger partial charge on any atom is 0.239 e. The van der Waals surface area contributed by atoms with Gasteiger partial charge in [-0.2, -0.15) is 5.26 Å². The van der Waals surface area contributed by atoms with Gasteiger partial charge in [0.05, 0.1) is 28.7 Å². The van der Waals surface area contributed by atoms with E-state index >= 15 is 0 Å². The van der Waals surface area contributed by atoms with Crippen molar-refractivity contribution in [2.45, 2.75) is 39.0 Å². The second-order valence-corrected chi connectivity index (χ2v) is 7.95. The van der Waals surface area contributed by atoms with E-state index in [0.717, 1.165) is 0 Å². The van der Waals surface area contributed by atoms with E-state index < -0.39 is 26.7 Å².